The number of amides is 1. The third kappa shape index (κ3) is 7.75. The topological polar surface area (TPSA) is 64.3 Å². The molecule has 1 atom stereocenters. The van der Waals surface area contributed by atoms with Crippen molar-refractivity contribution in [2.75, 3.05) is 6.61 Å². The number of hydrogen-bond donors (Lipinski definition) is 2. The van der Waals surface area contributed by atoms with E-state index in [9.17, 15) is 4.79 Å². The second kappa shape index (κ2) is 9.56. The summed E-state index contributed by atoms with van der Waals surface area (Å²) < 4.78 is 5.54. The van der Waals surface area contributed by atoms with Crippen LogP contribution >= 0.6 is 12.4 Å². The van der Waals surface area contributed by atoms with E-state index >= 15 is 0 Å². The van der Waals surface area contributed by atoms with Crippen LogP contribution in [0.25, 0.3) is 0 Å². The molecule has 0 aromatic heterocycles. The normalized spacial score (nSPS) is 24.7. The molecule has 0 saturated heterocycles. The zero-order chi connectivity index (χ0) is 13.5. The third-order valence-electron chi connectivity index (χ3n) is 3.55. The SMILES string of the molecule is CC(C)CCOC(C)C(=O)NC1CCC(N)CC1.Cl. The number of rotatable bonds is 6. The Balaban J connectivity index is 0.00000324. The van der Waals surface area contributed by atoms with Gasteiger partial charge >= 0.3 is 0 Å². The molecule has 4 nitrogen and oxygen atoms in total. The molecule has 1 saturated carbocycles. The van der Waals surface area contributed by atoms with Gasteiger partial charge in [0.25, 0.3) is 0 Å². The van der Waals surface area contributed by atoms with Crippen molar-refractivity contribution in [3.8, 4) is 0 Å². The second-order valence-electron chi connectivity index (χ2n) is 5.82. The predicted molar refractivity (Wildman–Crippen MR) is 80.5 cm³/mol. The summed E-state index contributed by atoms with van der Waals surface area (Å²) in [5, 5.41) is 3.06. The fourth-order valence-electron chi connectivity index (χ4n) is 2.14. The van der Waals surface area contributed by atoms with Gasteiger partial charge in [-0.05, 0) is 44.9 Å². The Morgan fingerprint density at radius 3 is 2.37 bits per heavy atom. The molecule has 1 aliphatic carbocycles. The van der Waals surface area contributed by atoms with Crippen molar-refractivity contribution in [3.05, 3.63) is 0 Å². The lowest BCUT2D eigenvalue weighted by atomic mass is 9.92. The highest BCUT2D eigenvalue weighted by molar-refractivity contribution is 5.85. The quantitative estimate of drug-likeness (QED) is 0.789. The number of ether oxygens (including phenoxy) is 1. The molecule has 0 spiro atoms. The van der Waals surface area contributed by atoms with Crippen molar-refractivity contribution in [2.24, 2.45) is 11.7 Å². The van der Waals surface area contributed by atoms with Crippen molar-refractivity contribution >= 4 is 18.3 Å². The molecule has 114 valence electrons. The molecule has 0 aliphatic heterocycles. The summed E-state index contributed by atoms with van der Waals surface area (Å²) in [5.74, 6) is 0.624. The van der Waals surface area contributed by atoms with Gasteiger partial charge in [-0.1, -0.05) is 13.8 Å². The first kappa shape index (κ1) is 18.7. The van der Waals surface area contributed by atoms with Crippen LogP contribution in [0.2, 0.25) is 0 Å². The Labute approximate surface area is 123 Å². The van der Waals surface area contributed by atoms with Crippen LogP contribution in [-0.2, 0) is 9.53 Å². The fraction of sp³-hybridized carbons (Fsp3) is 0.929. The molecule has 1 amide bonds. The van der Waals surface area contributed by atoms with E-state index in [0.717, 1.165) is 32.1 Å². The van der Waals surface area contributed by atoms with Crippen molar-refractivity contribution in [1.29, 1.82) is 0 Å². The van der Waals surface area contributed by atoms with E-state index in [2.05, 4.69) is 19.2 Å². The molecule has 5 heteroatoms. The van der Waals surface area contributed by atoms with Crippen LogP contribution in [0.4, 0.5) is 0 Å². The smallest absolute Gasteiger partial charge is 0.249 e. The molecule has 1 aliphatic rings. The summed E-state index contributed by atoms with van der Waals surface area (Å²) in [6, 6.07) is 0.603. The molecule has 1 rings (SSSR count). The lowest BCUT2D eigenvalue weighted by Crippen LogP contribution is -2.44. The number of halogens is 1. The van der Waals surface area contributed by atoms with Gasteiger partial charge in [0.05, 0.1) is 0 Å². The molecule has 1 fully saturated rings. The first-order chi connectivity index (χ1) is 8.49. The maximum Gasteiger partial charge on any atom is 0.249 e. The minimum atomic E-state index is -0.348. The summed E-state index contributed by atoms with van der Waals surface area (Å²) in [5.41, 5.74) is 5.84. The molecule has 0 aromatic carbocycles. The fourth-order valence-corrected chi connectivity index (χ4v) is 2.14. The maximum absolute atomic E-state index is 11.9. The van der Waals surface area contributed by atoms with Crippen LogP contribution < -0.4 is 11.1 Å². The molecule has 0 bridgehead atoms. The second-order valence-corrected chi connectivity index (χ2v) is 5.82. The average Bonchev–Trinajstić information content (AvgIpc) is 2.31. The Kier molecular flexibility index (Phi) is 9.40. The van der Waals surface area contributed by atoms with Gasteiger partial charge in [0.15, 0.2) is 0 Å². The highest BCUT2D eigenvalue weighted by atomic mass is 35.5. The van der Waals surface area contributed by atoms with E-state index in [1.807, 2.05) is 6.92 Å². The first-order valence-electron chi connectivity index (χ1n) is 7.16. The summed E-state index contributed by atoms with van der Waals surface area (Å²) >= 11 is 0. The van der Waals surface area contributed by atoms with Crippen LogP contribution in [0.3, 0.4) is 0 Å². The number of carbonyl (C=O) groups excluding carboxylic acids is 1. The Morgan fingerprint density at radius 2 is 1.84 bits per heavy atom. The summed E-state index contributed by atoms with van der Waals surface area (Å²) in [6.07, 6.45) is 4.65. The minimum Gasteiger partial charge on any atom is -0.369 e. The lowest BCUT2D eigenvalue weighted by molar-refractivity contribution is -0.132. The van der Waals surface area contributed by atoms with E-state index in [0.29, 0.717) is 18.6 Å². The molecule has 1 unspecified atom stereocenters. The van der Waals surface area contributed by atoms with Gasteiger partial charge < -0.3 is 15.8 Å². The van der Waals surface area contributed by atoms with Gasteiger partial charge in [-0.15, -0.1) is 12.4 Å². The Morgan fingerprint density at radius 1 is 1.26 bits per heavy atom. The first-order valence-corrected chi connectivity index (χ1v) is 7.16. The van der Waals surface area contributed by atoms with Gasteiger partial charge in [0.2, 0.25) is 5.91 Å². The van der Waals surface area contributed by atoms with Gasteiger partial charge in [0.1, 0.15) is 6.10 Å². The number of nitrogens with two attached hydrogens (primary N) is 1. The van der Waals surface area contributed by atoms with Crippen molar-refractivity contribution in [3.63, 3.8) is 0 Å². The van der Waals surface area contributed by atoms with E-state index in [-0.39, 0.29) is 30.5 Å². The van der Waals surface area contributed by atoms with Gasteiger partial charge in [-0.25, -0.2) is 0 Å². The van der Waals surface area contributed by atoms with Gasteiger partial charge in [0, 0.05) is 18.7 Å². The van der Waals surface area contributed by atoms with E-state index < -0.39 is 0 Å². The van der Waals surface area contributed by atoms with Crippen LogP contribution in [0.1, 0.15) is 52.9 Å². The maximum atomic E-state index is 11.9. The zero-order valence-electron chi connectivity index (χ0n) is 12.4. The Bertz CT molecular complexity index is 254. The van der Waals surface area contributed by atoms with Gasteiger partial charge in [-0.3, -0.25) is 4.79 Å². The molecule has 19 heavy (non-hydrogen) atoms. The zero-order valence-corrected chi connectivity index (χ0v) is 13.2. The van der Waals surface area contributed by atoms with Gasteiger partial charge in [-0.2, -0.15) is 0 Å². The Hall–Kier alpha value is -0.320. The van der Waals surface area contributed by atoms with E-state index in [1.165, 1.54) is 0 Å². The predicted octanol–water partition coefficient (Wildman–Crippen LogP) is 2.25. The van der Waals surface area contributed by atoms with Crippen LogP contribution in [-0.4, -0.2) is 30.7 Å². The number of hydrogen-bond acceptors (Lipinski definition) is 3. The highest BCUT2D eigenvalue weighted by Crippen LogP contribution is 2.17. The molecular formula is C14H29ClN2O2. The number of nitrogens with one attached hydrogen (secondary N) is 1. The molecule has 0 radical (unpaired) electrons. The number of carbonyl (C=O) groups is 1. The summed E-state index contributed by atoms with van der Waals surface area (Å²) in [4.78, 5) is 11.9. The van der Waals surface area contributed by atoms with Crippen molar-refractivity contribution in [1.82, 2.24) is 5.32 Å². The van der Waals surface area contributed by atoms with Crippen LogP contribution in [0, 0.1) is 5.92 Å². The largest absolute Gasteiger partial charge is 0.369 e. The minimum absolute atomic E-state index is 0. The standard InChI is InChI=1S/C14H28N2O2.ClH/c1-10(2)8-9-18-11(3)14(17)16-13-6-4-12(15)5-7-13;/h10-13H,4-9,15H2,1-3H3,(H,16,17);1H. The monoisotopic (exact) mass is 292 g/mol. The molecule has 0 aromatic rings. The third-order valence-corrected chi connectivity index (χ3v) is 3.55. The van der Waals surface area contributed by atoms with Crippen LogP contribution in [0.5, 0.6) is 0 Å². The molecule has 3 N–H and O–H groups in total. The molecular weight excluding hydrogens is 264 g/mol. The lowest BCUT2D eigenvalue weighted by Gasteiger charge is -2.27. The van der Waals surface area contributed by atoms with E-state index in [4.69, 9.17) is 10.5 Å². The van der Waals surface area contributed by atoms with Crippen molar-refractivity contribution < 1.29 is 9.53 Å². The van der Waals surface area contributed by atoms with E-state index in [1.54, 1.807) is 0 Å². The highest BCUT2D eigenvalue weighted by Gasteiger charge is 2.22. The summed E-state index contributed by atoms with van der Waals surface area (Å²) in [7, 11) is 0. The van der Waals surface area contributed by atoms with Crippen LogP contribution in [0.15, 0.2) is 0 Å². The van der Waals surface area contributed by atoms with Crippen molar-refractivity contribution in [2.45, 2.75) is 71.1 Å². The summed E-state index contributed by atoms with van der Waals surface area (Å²) in [6.45, 7) is 6.78. The molecule has 0 heterocycles. The average molecular weight is 293 g/mol.